The van der Waals surface area contributed by atoms with Gasteiger partial charge in [0.1, 0.15) is 13.2 Å². The number of benzene rings is 1. The fourth-order valence-electron chi connectivity index (χ4n) is 4.36. The quantitative estimate of drug-likeness (QED) is 0.506. The third-order valence-electron chi connectivity index (χ3n) is 5.84. The van der Waals surface area contributed by atoms with Crippen LogP contribution < -0.4 is 14.8 Å². The minimum Gasteiger partial charge on any atom is -0.486 e. The van der Waals surface area contributed by atoms with Crippen molar-refractivity contribution in [3.8, 4) is 11.5 Å². The van der Waals surface area contributed by atoms with Crippen molar-refractivity contribution in [3.63, 3.8) is 0 Å². The van der Waals surface area contributed by atoms with Gasteiger partial charge in [-0.15, -0.1) is 0 Å². The van der Waals surface area contributed by atoms with E-state index < -0.39 is 0 Å². The molecule has 0 radical (unpaired) electrons. The van der Waals surface area contributed by atoms with E-state index in [-0.39, 0.29) is 11.4 Å². The van der Waals surface area contributed by atoms with Gasteiger partial charge < -0.3 is 14.8 Å². The molecule has 1 N–H and O–H groups in total. The first-order valence-corrected chi connectivity index (χ1v) is 12.6. The third-order valence-corrected chi connectivity index (χ3v) is 8.84. The lowest BCUT2D eigenvalue weighted by Crippen LogP contribution is -2.43. The zero-order valence-electron chi connectivity index (χ0n) is 15.8. The monoisotopic (exact) mass is 407 g/mol. The van der Waals surface area contributed by atoms with Crippen LogP contribution in [0.4, 0.5) is 0 Å². The highest BCUT2D eigenvalue weighted by Crippen LogP contribution is 2.43. The van der Waals surface area contributed by atoms with Gasteiger partial charge >= 0.3 is 0 Å². The number of nitrogens with one attached hydrogen (secondary N) is 1. The molecule has 0 aromatic heterocycles. The van der Waals surface area contributed by atoms with Gasteiger partial charge in [-0.05, 0) is 49.8 Å². The highest BCUT2D eigenvalue weighted by atomic mass is 33.1. The Morgan fingerprint density at radius 1 is 1.15 bits per heavy atom. The van der Waals surface area contributed by atoms with Crippen molar-refractivity contribution >= 4 is 27.5 Å². The third kappa shape index (κ3) is 4.70. The van der Waals surface area contributed by atoms with Crippen LogP contribution in [0.25, 0.3) is 0 Å². The number of ether oxygens (including phenoxy) is 2. The summed E-state index contributed by atoms with van der Waals surface area (Å²) in [6.07, 6.45) is 9.69. The molecule has 2 heterocycles. The predicted molar refractivity (Wildman–Crippen MR) is 113 cm³/mol. The van der Waals surface area contributed by atoms with Crippen molar-refractivity contribution < 1.29 is 14.3 Å². The van der Waals surface area contributed by atoms with E-state index >= 15 is 0 Å². The molecule has 2 aliphatic heterocycles. The molecule has 1 aromatic rings. The van der Waals surface area contributed by atoms with Crippen molar-refractivity contribution in [1.82, 2.24) is 5.32 Å². The van der Waals surface area contributed by atoms with E-state index in [2.05, 4.69) is 17.4 Å². The predicted octanol–water partition coefficient (Wildman–Crippen LogP) is 5.06. The second-order valence-corrected chi connectivity index (χ2v) is 10.6. The molecule has 4 nitrogen and oxygen atoms in total. The first kappa shape index (κ1) is 19.3. The van der Waals surface area contributed by atoms with Gasteiger partial charge in [0, 0.05) is 17.4 Å². The molecule has 2 fully saturated rings. The summed E-state index contributed by atoms with van der Waals surface area (Å²) in [7, 11) is 4.02. The van der Waals surface area contributed by atoms with E-state index in [1.807, 2.05) is 27.7 Å². The van der Waals surface area contributed by atoms with Gasteiger partial charge in [-0.2, -0.15) is 0 Å². The molecule has 1 aliphatic carbocycles. The van der Waals surface area contributed by atoms with Crippen molar-refractivity contribution in [1.29, 1.82) is 0 Å². The summed E-state index contributed by atoms with van der Waals surface area (Å²) in [5.74, 6) is 3.10. The molecule has 6 heteroatoms. The second kappa shape index (κ2) is 8.99. The maximum atomic E-state index is 12.7. The summed E-state index contributed by atoms with van der Waals surface area (Å²) >= 11 is 0. The minimum absolute atomic E-state index is 0.195. The van der Waals surface area contributed by atoms with Gasteiger partial charge in [0.15, 0.2) is 11.5 Å². The Morgan fingerprint density at radius 3 is 2.74 bits per heavy atom. The van der Waals surface area contributed by atoms with Crippen LogP contribution in [-0.2, 0) is 10.3 Å². The number of hydrogen-bond acceptors (Lipinski definition) is 5. The van der Waals surface area contributed by atoms with Crippen LogP contribution in [0.15, 0.2) is 18.2 Å². The molecular formula is C21H29NO3S2. The zero-order chi connectivity index (χ0) is 18.5. The molecule has 1 saturated carbocycles. The molecule has 0 spiro atoms. The number of fused-ring (bicyclic) bond motifs is 1. The maximum absolute atomic E-state index is 12.7. The minimum atomic E-state index is -0.231. The Hall–Kier alpha value is -1.01. The van der Waals surface area contributed by atoms with Crippen LogP contribution in [0.5, 0.6) is 11.5 Å². The Morgan fingerprint density at radius 2 is 1.96 bits per heavy atom. The Labute approximate surface area is 169 Å². The molecule has 1 saturated heterocycles. The van der Waals surface area contributed by atoms with Gasteiger partial charge in [-0.1, -0.05) is 46.9 Å². The van der Waals surface area contributed by atoms with E-state index in [0.717, 1.165) is 60.8 Å². The van der Waals surface area contributed by atoms with E-state index in [9.17, 15) is 4.79 Å². The molecule has 3 aliphatic rings. The van der Waals surface area contributed by atoms with Crippen molar-refractivity contribution in [3.05, 3.63) is 23.8 Å². The average molecular weight is 408 g/mol. The fraction of sp³-hybridized carbons (Fsp3) is 0.667. The normalized spacial score (nSPS) is 23.3. The van der Waals surface area contributed by atoms with Crippen LogP contribution in [0.3, 0.4) is 0 Å². The first-order valence-electron chi connectivity index (χ1n) is 10.2. The summed E-state index contributed by atoms with van der Waals surface area (Å²) in [6, 6.07) is 6.18. The molecule has 4 rings (SSSR count). The number of rotatable bonds is 7. The second-order valence-electron chi connectivity index (χ2n) is 7.77. The van der Waals surface area contributed by atoms with Gasteiger partial charge in [0.2, 0.25) is 5.91 Å². The van der Waals surface area contributed by atoms with Crippen LogP contribution >= 0.6 is 21.6 Å². The largest absolute Gasteiger partial charge is 0.486 e. The van der Waals surface area contributed by atoms with E-state index in [4.69, 9.17) is 9.47 Å². The topological polar surface area (TPSA) is 47.6 Å². The van der Waals surface area contributed by atoms with Gasteiger partial charge in [-0.3, -0.25) is 4.79 Å². The number of carbonyl (C=O) groups excluding carboxylic acids is 1. The van der Waals surface area contributed by atoms with Crippen LogP contribution in [-0.4, -0.2) is 30.1 Å². The van der Waals surface area contributed by atoms with Crippen LogP contribution in [0.1, 0.15) is 63.4 Å². The summed E-state index contributed by atoms with van der Waals surface area (Å²) in [5, 5.41) is 4.20. The Balaban J connectivity index is 1.34. The fourth-order valence-corrected chi connectivity index (χ4v) is 7.38. The molecule has 1 unspecified atom stereocenters. The number of hydrogen-bond donors (Lipinski definition) is 1. The Bertz CT molecular complexity index is 655. The van der Waals surface area contributed by atoms with Crippen LogP contribution in [0, 0.1) is 0 Å². The van der Waals surface area contributed by atoms with Crippen molar-refractivity contribution in [2.45, 2.75) is 68.6 Å². The highest BCUT2D eigenvalue weighted by molar-refractivity contribution is 8.77. The lowest BCUT2D eigenvalue weighted by molar-refractivity contribution is -0.123. The molecular weight excluding hydrogens is 378 g/mol. The molecule has 27 heavy (non-hydrogen) atoms. The summed E-state index contributed by atoms with van der Waals surface area (Å²) < 4.78 is 11.4. The SMILES string of the molecule is O=C(CCCCC1CCSS1)NC1(c2ccc3c(c2)OCCO3)CCCC1. The lowest BCUT2D eigenvalue weighted by atomic mass is 9.87. The Kier molecular flexibility index (Phi) is 6.43. The summed E-state index contributed by atoms with van der Waals surface area (Å²) in [6.45, 7) is 1.19. The molecule has 1 aromatic carbocycles. The summed E-state index contributed by atoms with van der Waals surface area (Å²) in [4.78, 5) is 12.7. The summed E-state index contributed by atoms with van der Waals surface area (Å²) in [5.41, 5.74) is 0.933. The molecule has 1 amide bonds. The zero-order valence-corrected chi connectivity index (χ0v) is 17.5. The average Bonchev–Trinajstić information content (AvgIpc) is 3.37. The molecule has 1 atom stereocenters. The standard InChI is InChI=1S/C21H29NO3S2/c23-20(6-2-1-5-17-9-14-26-27-17)22-21(10-3-4-11-21)16-7-8-18-19(15-16)25-13-12-24-18/h7-8,15,17H,1-6,9-14H2,(H,22,23). The maximum Gasteiger partial charge on any atom is 0.220 e. The highest BCUT2D eigenvalue weighted by Gasteiger charge is 2.37. The van der Waals surface area contributed by atoms with Crippen molar-refractivity contribution in [2.24, 2.45) is 0 Å². The van der Waals surface area contributed by atoms with E-state index in [1.165, 1.54) is 18.6 Å². The number of unbranched alkanes of at least 4 members (excludes halogenated alkanes) is 1. The smallest absolute Gasteiger partial charge is 0.220 e. The lowest BCUT2D eigenvalue weighted by Gasteiger charge is -2.32. The molecule has 0 bridgehead atoms. The number of carbonyl (C=O) groups is 1. The first-order chi connectivity index (χ1) is 13.3. The van der Waals surface area contributed by atoms with Gasteiger partial charge in [-0.25, -0.2) is 0 Å². The van der Waals surface area contributed by atoms with Gasteiger partial charge in [0.25, 0.3) is 0 Å². The molecule has 148 valence electrons. The van der Waals surface area contributed by atoms with Crippen molar-refractivity contribution in [2.75, 3.05) is 19.0 Å². The van der Waals surface area contributed by atoms with E-state index in [0.29, 0.717) is 19.6 Å². The van der Waals surface area contributed by atoms with Gasteiger partial charge in [0.05, 0.1) is 5.54 Å². The van der Waals surface area contributed by atoms with Crippen LogP contribution in [0.2, 0.25) is 0 Å². The number of amides is 1. The van der Waals surface area contributed by atoms with E-state index in [1.54, 1.807) is 0 Å².